The lowest BCUT2D eigenvalue weighted by molar-refractivity contribution is 0.415. The van der Waals surface area contributed by atoms with E-state index in [2.05, 4.69) is 24.4 Å². The number of hydrogen-bond acceptors (Lipinski definition) is 3. The Morgan fingerprint density at radius 1 is 0.828 bits per heavy atom. The Morgan fingerprint density at radius 2 is 1.55 bits per heavy atom. The molecule has 4 heteroatoms. The predicted octanol–water partition coefficient (Wildman–Crippen LogP) is 5.57. The molecule has 29 heavy (non-hydrogen) atoms. The number of nitrogens with one attached hydrogen (secondary N) is 1. The first kappa shape index (κ1) is 18.6. The van der Waals surface area contributed by atoms with Gasteiger partial charge in [-0.25, -0.2) is 0 Å². The maximum atomic E-state index is 13.0. The van der Waals surface area contributed by atoms with Gasteiger partial charge in [0.05, 0.1) is 7.11 Å². The molecule has 144 valence electrons. The van der Waals surface area contributed by atoms with Crippen LogP contribution in [0.15, 0.2) is 95.9 Å². The molecule has 1 N–H and O–H groups in total. The molecule has 0 radical (unpaired) electrons. The first-order valence-corrected chi connectivity index (χ1v) is 9.45. The molecule has 0 unspecified atom stereocenters. The normalized spacial score (nSPS) is 10.6. The number of benzene rings is 3. The Kier molecular flexibility index (Phi) is 5.16. The van der Waals surface area contributed by atoms with Gasteiger partial charge in [-0.05, 0) is 72.1 Å². The predicted molar refractivity (Wildman–Crippen MR) is 118 cm³/mol. The number of aromatic nitrogens is 1. The van der Waals surface area contributed by atoms with Crippen molar-refractivity contribution in [2.75, 3.05) is 12.4 Å². The summed E-state index contributed by atoms with van der Waals surface area (Å²) in [5, 5.41) is 3.19. The van der Waals surface area contributed by atoms with Crippen LogP contribution in [-0.4, -0.2) is 11.7 Å². The molecular formula is C25H22N2O2. The highest BCUT2D eigenvalue weighted by molar-refractivity contribution is 5.68. The molecule has 0 fully saturated rings. The van der Waals surface area contributed by atoms with Gasteiger partial charge in [-0.3, -0.25) is 9.36 Å². The second-order valence-electron chi connectivity index (χ2n) is 6.81. The van der Waals surface area contributed by atoms with Crippen molar-refractivity contribution < 1.29 is 4.74 Å². The fourth-order valence-corrected chi connectivity index (χ4v) is 3.32. The summed E-state index contributed by atoms with van der Waals surface area (Å²) in [6.07, 6.45) is 1.78. The molecule has 4 nitrogen and oxygen atoms in total. The Balaban J connectivity index is 1.63. The summed E-state index contributed by atoms with van der Waals surface area (Å²) in [7, 11) is 1.63. The molecular weight excluding hydrogens is 360 g/mol. The molecule has 3 aromatic carbocycles. The van der Waals surface area contributed by atoms with Gasteiger partial charge in [-0.1, -0.05) is 36.4 Å². The van der Waals surface area contributed by atoms with Gasteiger partial charge in [-0.15, -0.1) is 0 Å². The van der Waals surface area contributed by atoms with Crippen LogP contribution in [0.25, 0.3) is 16.8 Å². The van der Waals surface area contributed by atoms with E-state index in [4.69, 9.17) is 4.74 Å². The Hall–Kier alpha value is -3.79. The summed E-state index contributed by atoms with van der Waals surface area (Å²) in [5.41, 5.74) is 5.62. The number of ether oxygens (including phenoxy) is 1. The van der Waals surface area contributed by atoms with Crippen molar-refractivity contribution >= 4 is 11.4 Å². The SMILES string of the molecule is COc1ccc(Nc2cccn(-c3ccc(-c4ccccc4C)cc3)c2=O)cc1. The maximum Gasteiger partial charge on any atom is 0.278 e. The molecule has 4 aromatic rings. The molecule has 4 rings (SSSR count). The van der Waals surface area contributed by atoms with Crippen molar-refractivity contribution in [1.82, 2.24) is 4.57 Å². The summed E-state index contributed by atoms with van der Waals surface area (Å²) >= 11 is 0. The topological polar surface area (TPSA) is 43.3 Å². The zero-order valence-corrected chi connectivity index (χ0v) is 16.4. The van der Waals surface area contributed by atoms with Crippen molar-refractivity contribution in [3.63, 3.8) is 0 Å². The fraction of sp³-hybridized carbons (Fsp3) is 0.0800. The van der Waals surface area contributed by atoms with Gasteiger partial charge in [-0.2, -0.15) is 0 Å². The number of hydrogen-bond donors (Lipinski definition) is 1. The van der Waals surface area contributed by atoms with E-state index in [1.807, 2.05) is 66.7 Å². The first-order chi connectivity index (χ1) is 14.2. The van der Waals surface area contributed by atoms with Crippen LogP contribution in [0.3, 0.4) is 0 Å². The largest absolute Gasteiger partial charge is 0.497 e. The minimum atomic E-state index is -0.105. The van der Waals surface area contributed by atoms with E-state index in [1.165, 1.54) is 11.1 Å². The molecule has 0 spiro atoms. The summed E-state index contributed by atoms with van der Waals surface area (Å²) < 4.78 is 6.82. The van der Waals surface area contributed by atoms with E-state index in [0.29, 0.717) is 5.69 Å². The van der Waals surface area contributed by atoms with Gasteiger partial charge >= 0.3 is 0 Å². The minimum absolute atomic E-state index is 0.105. The van der Waals surface area contributed by atoms with E-state index in [0.717, 1.165) is 22.7 Å². The number of methoxy groups -OCH3 is 1. The van der Waals surface area contributed by atoms with Gasteiger partial charge in [0.25, 0.3) is 5.56 Å². The van der Waals surface area contributed by atoms with Gasteiger partial charge in [0.1, 0.15) is 11.4 Å². The molecule has 0 aliphatic heterocycles. The Labute approximate surface area is 170 Å². The quantitative estimate of drug-likeness (QED) is 0.491. The van der Waals surface area contributed by atoms with E-state index in [1.54, 1.807) is 23.9 Å². The standard InChI is InChI=1S/C25H22N2O2/c1-18-6-3-4-7-23(18)19-9-13-21(14-10-19)27-17-5-8-24(25(27)28)26-20-11-15-22(29-2)16-12-20/h3-17,26H,1-2H3. The number of rotatable bonds is 5. The summed E-state index contributed by atoms with van der Waals surface area (Å²) in [6.45, 7) is 2.10. The summed E-state index contributed by atoms with van der Waals surface area (Å²) in [6, 6.07) is 27.4. The highest BCUT2D eigenvalue weighted by Gasteiger charge is 2.07. The summed E-state index contributed by atoms with van der Waals surface area (Å²) in [4.78, 5) is 13.0. The highest BCUT2D eigenvalue weighted by atomic mass is 16.5. The van der Waals surface area contributed by atoms with Crippen molar-refractivity contribution in [2.45, 2.75) is 6.92 Å². The van der Waals surface area contributed by atoms with E-state index in [-0.39, 0.29) is 5.56 Å². The van der Waals surface area contributed by atoms with Gasteiger partial charge < -0.3 is 10.1 Å². The summed E-state index contributed by atoms with van der Waals surface area (Å²) in [5.74, 6) is 0.773. The molecule has 1 heterocycles. The van der Waals surface area contributed by atoms with Crippen molar-refractivity contribution in [3.05, 3.63) is 107 Å². The number of nitrogens with zero attached hydrogens (tertiary/aromatic N) is 1. The van der Waals surface area contributed by atoms with Crippen molar-refractivity contribution in [2.24, 2.45) is 0 Å². The smallest absolute Gasteiger partial charge is 0.278 e. The van der Waals surface area contributed by atoms with E-state index >= 15 is 0 Å². The average Bonchev–Trinajstić information content (AvgIpc) is 2.76. The van der Waals surface area contributed by atoms with Crippen LogP contribution in [0.1, 0.15) is 5.56 Å². The molecule has 0 saturated carbocycles. The third-order valence-corrected chi connectivity index (χ3v) is 4.92. The highest BCUT2D eigenvalue weighted by Crippen LogP contribution is 2.24. The van der Waals surface area contributed by atoms with Crippen LogP contribution in [0.2, 0.25) is 0 Å². The average molecular weight is 382 g/mol. The second-order valence-corrected chi connectivity index (χ2v) is 6.81. The van der Waals surface area contributed by atoms with Crippen LogP contribution in [-0.2, 0) is 0 Å². The monoisotopic (exact) mass is 382 g/mol. The first-order valence-electron chi connectivity index (χ1n) is 9.45. The lowest BCUT2D eigenvalue weighted by atomic mass is 10.0. The van der Waals surface area contributed by atoms with Gasteiger partial charge in [0, 0.05) is 17.6 Å². The van der Waals surface area contributed by atoms with E-state index in [9.17, 15) is 4.79 Å². The molecule has 0 amide bonds. The Bertz CT molecular complexity index is 1180. The van der Waals surface area contributed by atoms with Crippen molar-refractivity contribution in [1.29, 1.82) is 0 Å². The van der Waals surface area contributed by atoms with Crippen LogP contribution in [0.5, 0.6) is 5.75 Å². The zero-order chi connectivity index (χ0) is 20.2. The van der Waals surface area contributed by atoms with Crippen LogP contribution >= 0.6 is 0 Å². The molecule has 0 aliphatic rings. The lowest BCUT2D eigenvalue weighted by Crippen LogP contribution is -2.20. The minimum Gasteiger partial charge on any atom is -0.497 e. The van der Waals surface area contributed by atoms with Crippen LogP contribution < -0.4 is 15.6 Å². The number of aryl methyl sites for hydroxylation is 1. The number of pyridine rings is 1. The Morgan fingerprint density at radius 3 is 2.24 bits per heavy atom. The molecule has 0 atom stereocenters. The fourth-order valence-electron chi connectivity index (χ4n) is 3.32. The van der Waals surface area contributed by atoms with E-state index < -0.39 is 0 Å². The second kappa shape index (κ2) is 8.07. The number of anilines is 2. The van der Waals surface area contributed by atoms with Crippen LogP contribution in [0.4, 0.5) is 11.4 Å². The zero-order valence-electron chi connectivity index (χ0n) is 16.4. The van der Waals surface area contributed by atoms with Gasteiger partial charge in [0.2, 0.25) is 0 Å². The lowest BCUT2D eigenvalue weighted by Gasteiger charge is -2.12. The third-order valence-electron chi connectivity index (χ3n) is 4.92. The molecule has 1 aromatic heterocycles. The van der Waals surface area contributed by atoms with Crippen molar-refractivity contribution in [3.8, 4) is 22.6 Å². The molecule has 0 saturated heterocycles. The van der Waals surface area contributed by atoms with Crippen LogP contribution in [0, 0.1) is 6.92 Å². The maximum absolute atomic E-state index is 13.0. The third kappa shape index (κ3) is 3.92. The molecule has 0 bridgehead atoms. The molecule has 0 aliphatic carbocycles. The van der Waals surface area contributed by atoms with Gasteiger partial charge in [0.15, 0.2) is 0 Å².